The minimum absolute atomic E-state index is 0.112. The first-order chi connectivity index (χ1) is 9.55. The van der Waals surface area contributed by atoms with Gasteiger partial charge in [-0.1, -0.05) is 30.1 Å². The maximum atomic E-state index is 6.29. The standard InChI is InChI=1S/C15H19Cl2N3/c1-4-11-8-12(20(3)19-11)9-15(18-2)13-7-10(16)5-6-14(13)17/h5-8,15,18H,4,9H2,1-3H3. The number of benzene rings is 1. The first-order valence-electron chi connectivity index (χ1n) is 6.69. The van der Waals surface area contributed by atoms with Crippen LogP contribution in [0, 0.1) is 0 Å². The molecule has 2 rings (SSSR count). The Kier molecular flexibility index (Phi) is 5.08. The molecular weight excluding hydrogens is 293 g/mol. The van der Waals surface area contributed by atoms with E-state index in [4.69, 9.17) is 23.2 Å². The Morgan fingerprint density at radius 2 is 2.05 bits per heavy atom. The second kappa shape index (κ2) is 6.61. The smallest absolute Gasteiger partial charge is 0.0624 e. The average Bonchev–Trinajstić information content (AvgIpc) is 2.79. The molecule has 0 aliphatic carbocycles. The highest BCUT2D eigenvalue weighted by Crippen LogP contribution is 2.28. The Labute approximate surface area is 129 Å². The van der Waals surface area contributed by atoms with Gasteiger partial charge in [-0.3, -0.25) is 4.68 Å². The molecule has 0 radical (unpaired) electrons. The second-order valence-corrected chi connectivity index (χ2v) is 5.66. The third kappa shape index (κ3) is 3.35. The van der Waals surface area contributed by atoms with Gasteiger partial charge in [-0.25, -0.2) is 0 Å². The molecule has 1 aromatic carbocycles. The highest BCUT2D eigenvalue weighted by molar-refractivity contribution is 6.33. The minimum Gasteiger partial charge on any atom is -0.313 e. The van der Waals surface area contributed by atoms with Crippen LogP contribution >= 0.6 is 23.2 Å². The lowest BCUT2D eigenvalue weighted by atomic mass is 10.0. The number of aromatic nitrogens is 2. The molecule has 0 spiro atoms. The van der Waals surface area contributed by atoms with Gasteiger partial charge in [-0.05, 0) is 43.3 Å². The van der Waals surface area contributed by atoms with Crippen molar-refractivity contribution in [3.05, 3.63) is 51.3 Å². The Bertz CT molecular complexity index is 593. The van der Waals surface area contributed by atoms with Crippen LogP contribution in [0.1, 0.15) is 29.9 Å². The van der Waals surface area contributed by atoms with Gasteiger partial charge in [0, 0.05) is 35.2 Å². The highest BCUT2D eigenvalue weighted by atomic mass is 35.5. The van der Waals surface area contributed by atoms with Gasteiger partial charge in [0.15, 0.2) is 0 Å². The fourth-order valence-corrected chi connectivity index (χ4v) is 2.72. The molecule has 0 amide bonds. The van der Waals surface area contributed by atoms with E-state index in [2.05, 4.69) is 23.4 Å². The number of nitrogens with zero attached hydrogens (tertiary/aromatic N) is 2. The fourth-order valence-electron chi connectivity index (χ4n) is 2.29. The monoisotopic (exact) mass is 311 g/mol. The molecule has 1 heterocycles. The third-order valence-corrected chi connectivity index (χ3v) is 4.06. The van der Waals surface area contributed by atoms with Gasteiger partial charge in [0.1, 0.15) is 0 Å². The molecule has 2 aromatic rings. The topological polar surface area (TPSA) is 29.9 Å². The summed E-state index contributed by atoms with van der Waals surface area (Å²) in [5, 5.41) is 9.21. The Balaban J connectivity index is 2.28. The van der Waals surface area contributed by atoms with E-state index in [9.17, 15) is 0 Å². The lowest BCUT2D eigenvalue weighted by Gasteiger charge is -2.18. The predicted molar refractivity (Wildman–Crippen MR) is 84.6 cm³/mol. The molecule has 1 atom stereocenters. The van der Waals surface area contributed by atoms with Crippen molar-refractivity contribution in [2.24, 2.45) is 7.05 Å². The summed E-state index contributed by atoms with van der Waals surface area (Å²) in [6.45, 7) is 2.11. The number of halogens is 2. The molecule has 0 aliphatic rings. The largest absolute Gasteiger partial charge is 0.313 e. The van der Waals surface area contributed by atoms with E-state index >= 15 is 0 Å². The van der Waals surface area contributed by atoms with Gasteiger partial charge in [0.05, 0.1) is 5.69 Å². The Morgan fingerprint density at radius 1 is 1.30 bits per heavy atom. The number of nitrogens with one attached hydrogen (secondary N) is 1. The summed E-state index contributed by atoms with van der Waals surface area (Å²) in [6, 6.07) is 7.82. The van der Waals surface area contributed by atoms with Gasteiger partial charge < -0.3 is 5.32 Å². The Hall–Kier alpha value is -1.03. The molecule has 0 saturated heterocycles. The predicted octanol–water partition coefficient (Wildman–Crippen LogP) is 3.79. The zero-order valence-corrected chi connectivity index (χ0v) is 13.5. The van der Waals surface area contributed by atoms with E-state index < -0.39 is 0 Å². The quantitative estimate of drug-likeness (QED) is 0.910. The van der Waals surface area contributed by atoms with Gasteiger partial charge in [-0.2, -0.15) is 5.10 Å². The molecule has 108 valence electrons. The van der Waals surface area contributed by atoms with E-state index in [0.29, 0.717) is 5.02 Å². The van der Waals surface area contributed by atoms with Crippen molar-refractivity contribution < 1.29 is 0 Å². The zero-order chi connectivity index (χ0) is 14.7. The maximum Gasteiger partial charge on any atom is 0.0624 e. The van der Waals surface area contributed by atoms with Gasteiger partial charge >= 0.3 is 0 Å². The van der Waals surface area contributed by atoms with Crippen molar-refractivity contribution in [1.82, 2.24) is 15.1 Å². The van der Waals surface area contributed by atoms with Crippen molar-refractivity contribution in [2.45, 2.75) is 25.8 Å². The van der Waals surface area contributed by atoms with Crippen molar-refractivity contribution in [3.63, 3.8) is 0 Å². The molecule has 3 nitrogen and oxygen atoms in total. The number of likely N-dealkylation sites (N-methyl/N-ethyl adjacent to an activating group) is 1. The van der Waals surface area contributed by atoms with Crippen LogP contribution in [0.15, 0.2) is 24.3 Å². The number of aryl methyl sites for hydroxylation is 2. The van der Waals surface area contributed by atoms with Crippen LogP contribution in [0.4, 0.5) is 0 Å². The molecule has 0 fully saturated rings. The molecule has 0 aliphatic heterocycles. The normalized spacial score (nSPS) is 12.7. The first kappa shape index (κ1) is 15.4. The Morgan fingerprint density at radius 3 is 2.65 bits per heavy atom. The number of hydrogen-bond donors (Lipinski definition) is 1. The van der Waals surface area contributed by atoms with Crippen LogP contribution in [0.5, 0.6) is 0 Å². The van der Waals surface area contributed by atoms with Crippen LogP contribution < -0.4 is 5.32 Å². The summed E-state index contributed by atoms with van der Waals surface area (Å²) in [6.07, 6.45) is 1.76. The van der Waals surface area contributed by atoms with Crippen molar-refractivity contribution >= 4 is 23.2 Å². The van der Waals surface area contributed by atoms with Crippen molar-refractivity contribution in [1.29, 1.82) is 0 Å². The third-order valence-electron chi connectivity index (χ3n) is 3.48. The SMILES string of the molecule is CCc1cc(CC(NC)c2cc(Cl)ccc2Cl)n(C)n1. The highest BCUT2D eigenvalue weighted by Gasteiger charge is 2.16. The molecule has 0 bridgehead atoms. The average molecular weight is 312 g/mol. The van der Waals surface area contributed by atoms with Crippen LogP contribution in [0.3, 0.4) is 0 Å². The van der Waals surface area contributed by atoms with E-state index in [1.54, 1.807) is 6.07 Å². The van der Waals surface area contributed by atoms with Gasteiger partial charge in [0.2, 0.25) is 0 Å². The summed E-state index contributed by atoms with van der Waals surface area (Å²) in [7, 11) is 3.90. The summed E-state index contributed by atoms with van der Waals surface area (Å²) in [5.41, 5.74) is 3.30. The second-order valence-electron chi connectivity index (χ2n) is 4.82. The number of rotatable bonds is 5. The molecule has 1 unspecified atom stereocenters. The van der Waals surface area contributed by atoms with E-state index in [1.165, 1.54) is 5.69 Å². The molecule has 1 N–H and O–H groups in total. The zero-order valence-electron chi connectivity index (χ0n) is 12.0. The van der Waals surface area contributed by atoms with Gasteiger partial charge in [-0.15, -0.1) is 0 Å². The van der Waals surface area contributed by atoms with Gasteiger partial charge in [0.25, 0.3) is 0 Å². The fraction of sp³-hybridized carbons (Fsp3) is 0.400. The molecule has 5 heteroatoms. The van der Waals surface area contributed by atoms with Crippen LogP contribution in [0.2, 0.25) is 10.0 Å². The van der Waals surface area contributed by atoms with Crippen LogP contribution in [-0.2, 0) is 19.9 Å². The van der Waals surface area contributed by atoms with E-state index in [0.717, 1.165) is 29.1 Å². The van der Waals surface area contributed by atoms with Crippen LogP contribution in [-0.4, -0.2) is 16.8 Å². The summed E-state index contributed by atoms with van der Waals surface area (Å²) >= 11 is 12.4. The lowest BCUT2D eigenvalue weighted by Crippen LogP contribution is -2.20. The molecule has 0 saturated carbocycles. The summed E-state index contributed by atoms with van der Waals surface area (Å²) < 4.78 is 1.93. The van der Waals surface area contributed by atoms with Crippen LogP contribution in [0.25, 0.3) is 0 Å². The summed E-state index contributed by atoms with van der Waals surface area (Å²) in [5.74, 6) is 0. The maximum absolute atomic E-state index is 6.29. The molecule has 20 heavy (non-hydrogen) atoms. The van der Waals surface area contributed by atoms with Crippen molar-refractivity contribution in [3.8, 4) is 0 Å². The first-order valence-corrected chi connectivity index (χ1v) is 7.44. The van der Waals surface area contributed by atoms with E-state index in [1.807, 2.05) is 30.9 Å². The minimum atomic E-state index is 0.112. The molecular formula is C15H19Cl2N3. The van der Waals surface area contributed by atoms with E-state index in [-0.39, 0.29) is 6.04 Å². The lowest BCUT2D eigenvalue weighted by molar-refractivity contribution is 0.561. The van der Waals surface area contributed by atoms with Crippen molar-refractivity contribution in [2.75, 3.05) is 7.05 Å². The number of hydrogen-bond acceptors (Lipinski definition) is 2. The summed E-state index contributed by atoms with van der Waals surface area (Å²) in [4.78, 5) is 0. The molecule has 1 aromatic heterocycles.